The van der Waals surface area contributed by atoms with E-state index in [9.17, 15) is 4.79 Å². The maximum Gasteiger partial charge on any atom is 0.234 e. The number of aromatic nitrogens is 1. The number of hydrogen-bond donors (Lipinski definition) is 1. The van der Waals surface area contributed by atoms with Crippen molar-refractivity contribution in [2.24, 2.45) is 0 Å². The molecule has 1 aromatic heterocycles. The molecule has 3 rings (SSSR count). The SMILES string of the molecule is CN(CC(=O)NCC[C@@H]1COc2ccccc2O1)Cc1ccncc1. The number of amides is 1. The Morgan fingerprint density at radius 1 is 1.24 bits per heavy atom. The molecule has 25 heavy (non-hydrogen) atoms. The summed E-state index contributed by atoms with van der Waals surface area (Å²) in [4.78, 5) is 18.0. The average molecular weight is 341 g/mol. The Morgan fingerprint density at radius 3 is 2.80 bits per heavy atom. The zero-order valence-corrected chi connectivity index (χ0v) is 14.4. The zero-order chi connectivity index (χ0) is 17.5. The van der Waals surface area contributed by atoms with Crippen LogP contribution < -0.4 is 14.8 Å². The van der Waals surface area contributed by atoms with Gasteiger partial charge in [0.2, 0.25) is 5.91 Å². The number of hydrogen-bond acceptors (Lipinski definition) is 5. The van der Waals surface area contributed by atoms with E-state index in [-0.39, 0.29) is 12.0 Å². The third-order valence-corrected chi connectivity index (χ3v) is 3.97. The van der Waals surface area contributed by atoms with Crippen LogP contribution in [0.5, 0.6) is 11.5 Å². The van der Waals surface area contributed by atoms with E-state index in [4.69, 9.17) is 9.47 Å². The van der Waals surface area contributed by atoms with Gasteiger partial charge in [0, 0.05) is 31.9 Å². The molecule has 132 valence electrons. The van der Waals surface area contributed by atoms with Gasteiger partial charge in [-0.05, 0) is 36.9 Å². The van der Waals surface area contributed by atoms with Gasteiger partial charge in [0.25, 0.3) is 0 Å². The third-order valence-electron chi connectivity index (χ3n) is 3.97. The van der Waals surface area contributed by atoms with Crippen LogP contribution in [0.2, 0.25) is 0 Å². The molecule has 1 N–H and O–H groups in total. The van der Waals surface area contributed by atoms with Gasteiger partial charge < -0.3 is 14.8 Å². The number of nitrogens with zero attached hydrogens (tertiary/aromatic N) is 2. The molecule has 0 spiro atoms. The molecule has 1 amide bonds. The minimum Gasteiger partial charge on any atom is -0.486 e. The summed E-state index contributed by atoms with van der Waals surface area (Å²) < 4.78 is 11.6. The summed E-state index contributed by atoms with van der Waals surface area (Å²) in [6, 6.07) is 11.5. The molecule has 1 atom stereocenters. The number of carbonyl (C=O) groups is 1. The molecule has 2 aromatic rings. The standard InChI is InChI=1S/C19H23N3O3/c1-22(12-15-6-9-20-10-7-15)13-19(23)21-11-8-16-14-24-17-4-2-3-5-18(17)25-16/h2-7,9-10,16H,8,11-14H2,1H3,(H,21,23)/t16-/m1/s1. The number of rotatable bonds is 7. The number of para-hydroxylation sites is 2. The van der Waals surface area contributed by atoms with Crippen LogP contribution in [0, 0.1) is 0 Å². The van der Waals surface area contributed by atoms with Gasteiger partial charge in [-0.2, -0.15) is 0 Å². The second-order valence-corrected chi connectivity index (χ2v) is 6.16. The fourth-order valence-electron chi connectivity index (χ4n) is 2.73. The predicted molar refractivity (Wildman–Crippen MR) is 94.6 cm³/mol. The molecule has 0 unspecified atom stereocenters. The van der Waals surface area contributed by atoms with Gasteiger partial charge in [-0.25, -0.2) is 0 Å². The summed E-state index contributed by atoms with van der Waals surface area (Å²) in [6.07, 6.45) is 4.19. The minimum absolute atomic E-state index is 0.00804. The highest BCUT2D eigenvalue weighted by molar-refractivity contribution is 5.77. The molecule has 1 aromatic carbocycles. The normalized spacial score (nSPS) is 15.8. The van der Waals surface area contributed by atoms with Crippen molar-refractivity contribution >= 4 is 5.91 Å². The van der Waals surface area contributed by atoms with Crippen LogP contribution in [0.15, 0.2) is 48.8 Å². The summed E-state index contributed by atoms with van der Waals surface area (Å²) in [5.74, 6) is 1.55. The highest BCUT2D eigenvalue weighted by Crippen LogP contribution is 2.31. The van der Waals surface area contributed by atoms with Gasteiger partial charge in [0.05, 0.1) is 6.54 Å². The summed E-state index contributed by atoms with van der Waals surface area (Å²) in [7, 11) is 1.93. The fourth-order valence-corrected chi connectivity index (χ4v) is 2.73. The van der Waals surface area contributed by atoms with Crippen molar-refractivity contribution in [1.82, 2.24) is 15.2 Å². The van der Waals surface area contributed by atoms with Crippen molar-refractivity contribution in [1.29, 1.82) is 0 Å². The molecule has 0 radical (unpaired) electrons. The number of ether oxygens (including phenoxy) is 2. The van der Waals surface area contributed by atoms with Gasteiger partial charge in [0.1, 0.15) is 12.7 Å². The lowest BCUT2D eigenvalue weighted by Gasteiger charge is -2.26. The van der Waals surface area contributed by atoms with Crippen molar-refractivity contribution in [2.75, 3.05) is 26.7 Å². The van der Waals surface area contributed by atoms with Gasteiger partial charge in [0.15, 0.2) is 11.5 Å². The maximum atomic E-state index is 12.0. The number of pyridine rings is 1. The van der Waals surface area contributed by atoms with Gasteiger partial charge >= 0.3 is 0 Å². The van der Waals surface area contributed by atoms with E-state index in [2.05, 4.69) is 10.3 Å². The quantitative estimate of drug-likeness (QED) is 0.833. The molecule has 2 heterocycles. The van der Waals surface area contributed by atoms with Crippen molar-refractivity contribution in [3.8, 4) is 11.5 Å². The Hall–Kier alpha value is -2.60. The molecule has 0 saturated carbocycles. The molecule has 1 aliphatic heterocycles. The molecule has 6 nitrogen and oxygen atoms in total. The van der Waals surface area contributed by atoms with Crippen molar-refractivity contribution in [3.63, 3.8) is 0 Å². The first-order valence-electron chi connectivity index (χ1n) is 8.43. The van der Waals surface area contributed by atoms with Crippen LogP contribution in [0.4, 0.5) is 0 Å². The van der Waals surface area contributed by atoms with E-state index >= 15 is 0 Å². The van der Waals surface area contributed by atoms with E-state index in [1.807, 2.05) is 48.3 Å². The Bertz CT molecular complexity index is 693. The topological polar surface area (TPSA) is 63.7 Å². The fraction of sp³-hybridized carbons (Fsp3) is 0.368. The number of nitrogens with one attached hydrogen (secondary N) is 1. The van der Waals surface area contributed by atoms with Crippen LogP contribution in [-0.4, -0.2) is 48.6 Å². The monoisotopic (exact) mass is 341 g/mol. The molecule has 0 aliphatic carbocycles. The number of carbonyl (C=O) groups excluding carboxylic acids is 1. The highest BCUT2D eigenvalue weighted by Gasteiger charge is 2.20. The second-order valence-electron chi connectivity index (χ2n) is 6.16. The minimum atomic E-state index is -0.0373. The lowest BCUT2D eigenvalue weighted by atomic mass is 10.2. The van der Waals surface area contributed by atoms with Crippen LogP contribution in [0.25, 0.3) is 0 Å². The van der Waals surface area contributed by atoms with Gasteiger partial charge in [-0.3, -0.25) is 14.7 Å². The molecule has 0 bridgehead atoms. The predicted octanol–water partition coefficient (Wildman–Crippen LogP) is 1.86. The van der Waals surface area contributed by atoms with Gasteiger partial charge in [-0.1, -0.05) is 12.1 Å². The van der Waals surface area contributed by atoms with E-state index in [0.29, 0.717) is 32.7 Å². The van der Waals surface area contributed by atoms with E-state index in [1.54, 1.807) is 12.4 Å². The van der Waals surface area contributed by atoms with E-state index in [1.165, 1.54) is 0 Å². The Balaban J connectivity index is 1.35. The van der Waals surface area contributed by atoms with E-state index < -0.39 is 0 Å². The molecular weight excluding hydrogens is 318 g/mol. The molecule has 0 fully saturated rings. The van der Waals surface area contributed by atoms with Crippen LogP contribution in [0.3, 0.4) is 0 Å². The van der Waals surface area contributed by atoms with Crippen molar-refractivity contribution < 1.29 is 14.3 Å². The Kier molecular flexibility index (Phi) is 5.85. The number of benzene rings is 1. The Morgan fingerprint density at radius 2 is 2.00 bits per heavy atom. The summed E-state index contributed by atoms with van der Waals surface area (Å²) in [5.41, 5.74) is 1.14. The lowest BCUT2D eigenvalue weighted by molar-refractivity contribution is -0.122. The van der Waals surface area contributed by atoms with Crippen molar-refractivity contribution in [3.05, 3.63) is 54.4 Å². The molecule has 1 aliphatic rings. The smallest absolute Gasteiger partial charge is 0.234 e. The number of fused-ring (bicyclic) bond motifs is 1. The van der Waals surface area contributed by atoms with Crippen molar-refractivity contribution in [2.45, 2.75) is 19.1 Å². The molecule has 6 heteroatoms. The number of likely N-dealkylation sites (N-methyl/N-ethyl adjacent to an activating group) is 1. The highest BCUT2D eigenvalue weighted by atomic mass is 16.6. The molecule has 0 saturated heterocycles. The van der Waals surface area contributed by atoms with Gasteiger partial charge in [-0.15, -0.1) is 0 Å². The van der Waals surface area contributed by atoms with Crippen LogP contribution in [0.1, 0.15) is 12.0 Å². The average Bonchev–Trinajstić information content (AvgIpc) is 2.62. The summed E-state index contributed by atoms with van der Waals surface area (Å²) in [5, 5.41) is 2.94. The summed E-state index contributed by atoms with van der Waals surface area (Å²) in [6.45, 7) is 2.15. The third kappa shape index (κ3) is 5.19. The van der Waals surface area contributed by atoms with Crippen LogP contribution in [-0.2, 0) is 11.3 Å². The van der Waals surface area contributed by atoms with Crippen LogP contribution >= 0.6 is 0 Å². The first kappa shape index (κ1) is 17.2. The molecular formula is C19H23N3O3. The first-order chi connectivity index (χ1) is 12.2. The second kappa shape index (κ2) is 8.48. The van der Waals surface area contributed by atoms with E-state index in [0.717, 1.165) is 17.1 Å². The first-order valence-corrected chi connectivity index (χ1v) is 8.43. The largest absolute Gasteiger partial charge is 0.486 e. The summed E-state index contributed by atoms with van der Waals surface area (Å²) >= 11 is 0. The lowest BCUT2D eigenvalue weighted by Crippen LogP contribution is -2.38. The zero-order valence-electron chi connectivity index (χ0n) is 14.4. The maximum absolute atomic E-state index is 12.0. The Labute approximate surface area is 147 Å².